The molecule has 1 atom stereocenters. The molecule has 2 aromatic rings. The van der Waals surface area contributed by atoms with Crippen molar-refractivity contribution in [1.82, 2.24) is 0 Å². The number of para-hydroxylation sites is 1. The van der Waals surface area contributed by atoms with E-state index in [4.69, 9.17) is 0 Å². The maximum Gasteiger partial charge on any atom is 0.126 e. The molecule has 1 nitrogen and oxygen atoms in total. The first-order chi connectivity index (χ1) is 8.75. The average Bonchev–Trinajstić information content (AvgIpc) is 2.41. The van der Waals surface area contributed by atoms with Crippen molar-refractivity contribution < 1.29 is 4.39 Å². The molecule has 0 saturated carbocycles. The fourth-order valence-electron chi connectivity index (χ4n) is 2.73. The van der Waals surface area contributed by atoms with Crippen LogP contribution in [0.5, 0.6) is 0 Å². The molecule has 1 aliphatic heterocycles. The van der Waals surface area contributed by atoms with E-state index in [1.165, 1.54) is 17.3 Å². The Labute approximate surface area is 107 Å². The molecule has 18 heavy (non-hydrogen) atoms. The van der Waals surface area contributed by atoms with E-state index in [9.17, 15) is 4.39 Å². The Bertz CT molecular complexity index is 577. The van der Waals surface area contributed by atoms with Gasteiger partial charge in [0.05, 0.1) is 0 Å². The molecule has 1 N–H and O–H groups in total. The molecule has 1 aliphatic rings. The molecule has 0 radical (unpaired) electrons. The number of hydrogen-bond donors (Lipinski definition) is 1. The summed E-state index contributed by atoms with van der Waals surface area (Å²) in [6, 6.07) is 13.7. The molecule has 0 saturated heterocycles. The molecule has 3 rings (SSSR count). The quantitative estimate of drug-likeness (QED) is 0.798. The summed E-state index contributed by atoms with van der Waals surface area (Å²) in [4.78, 5) is 0. The molecule has 1 unspecified atom stereocenters. The number of anilines is 1. The van der Waals surface area contributed by atoms with Crippen molar-refractivity contribution in [3.8, 4) is 0 Å². The number of benzene rings is 2. The highest BCUT2D eigenvalue weighted by molar-refractivity contribution is 5.54. The Kier molecular flexibility index (Phi) is 2.78. The molecule has 0 amide bonds. The standard InChI is InChI=1S/C16H16FN/c1-11-14(6-4-7-15(11)17)13-9-12-5-2-3-8-16(12)18-10-13/h2-8,13,18H,9-10H2,1H3. The molecule has 0 spiro atoms. The molecule has 0 fully saturated rings. The van der Waals surface area contributed by atoms with Crippen molar-refractivity contribution in [2.45, 2.75) is 19.3 Å². The lowest BCUT2D eigenvalue weighted by Gasteiger charge is -2.27. The van der Waals surface area contributed by atoms with Crippen molar-refractivity contribution in [1.29, 1.82) is 0 Å². The maximum absolute atomic E-state index is 13.6. The zero-order valence-electron chi connectivity index (χ0n) is 10.4. The van der Waals surface area contributed by atoms with Gasteiger partial charge in [0.25, 0.3) is 0 Å². The second-order valence-electron chi connectivity index (χ2n) is 4.89. The Morgan fingerprint density at radius 3 is 2.83 bits per heavy atom. The van der Waals surface area contributed by atoms with Gasteiger partial charge in [-0.15, -0.1) is 0 Å². The number of fused-ring (bicyclic) bond motifs is 1. The fourth-order valence-corrected chi connectivity index (χ4v) is 2.73. The van der Waals surface area contributed by atoms with Gasteiger partial charge in [0, 0.05) is 18.2 Å². The van der Waals surface area contributed by atoms with Crippen LogP contribution in [-0.4, -0.2) is 6.54 Å². The fraction of sp³-hybridized carbons (Fsp3) is 0.250. The summed E-state index contributed by atoms with van der Waals surface area (Å²) in [6.07, 6.45) is 0.980. The summed E-state index contributed by atoms with van der Waals surface area (Å²) in [5, 5.41) is 3.44. The monoisotopic (exact) mass is 241 g/mol. The number of hydrogen-bond acceptors (Lipinski definition) is 1. The topological polar surface area (TPSA) is 12.0 Å². The zero-order chi connectivity index (χ0) is 12.5. The van der Waals surface area contributed by atoms with Gasteiger partial charge in [-0.25, -0.2) is 4.39 Å². The van der Waals surface area contributed by atoms with E-state index in [2.05, 4.69) is 23.5 Å². The molecule has 2 heteroatoms. The lowest BCUT2D eigenvalue weighted by atomic mass is 9.86. The zero-order valence-corrected chi connectivity index (χ0v) is 10.4. The lowest BCUT2D eigenvalue weighted by Crippen LogP contribution is -2.22. The van der Waals surface area contributed by atoms with E-state index in [-0.39, 0.29) is 5.82 Å². The largest absolute Gasteiger partial charge is 0.384 e. The second-order valence-corrected chi connectivity index (χ2v) is 4.89. The predicted molar refractivity (Wildman–Crippen MR) is 72.5 cm³/mol. The van der Waals surface area contributed by atoms with Crippen LogP contribution in [0.4, 0.5) is 10.1 Å². The highest BCUT2D eigenvalue weighted by Gasteiger charge is 2.21. The Morgan fingerprint density at radius 1 is 1.11 bits per heavy atom. The summed E-state index contributed by atoms with van der Waals surface area (Å²) in [6.45, 7) is 2.74. The van der Waals surface area contributed by atoms with Crippen molar-refractivity contribution >= 4 is 5.69 Å². The van der Waals surface area contributed by atoms with E-state index in [0.717, 1.165) is 24.1 Å². The summed E-state index contributed by atoms with van der Waals surface area (Å²) < 4.78 is 13.6. The smallest absolute Gasteiger partial charge is 0.126 e. The molecular weight excluding hydrogens is 225 g/mol. The molecule has 0 aliphatic carbocycles. The molecule has 0 bridgehead atoms. The Morgan fingerprint density at radius 2 is 1.94 bits per heavy atom. The number of rotatable bonds is 1. The van der Waals surface area contributed by atoms with E-state index in [1.54, 1.807) is 6.07 Å². The van der Waals surface area contributed by atoms with Crippen LogP contribution in [0.25, 0.3) is 0 Å². The third kappa shape index (κ3) is 1.88. The van der Waals surface area contributed by atoms with E-state index in [0.29, 0.717) is 5.92 Å². The first-order valence-corrected chi connectivity index (χ1v) is 6.32. The van der Waals surface area contributed by atoms with Gasteiger partial charge in [0.15, 0.2) is 0 Å². The third-order valence-corrected chi connectivity index (χ3v) is 3.77. The number of nitrogens with one attached hydrogen (secondary N) is 1. The van der Waals surface area contributed by atoms with Gasteiger partial charge in [-0.2, -0.15) is 0 Å². The third-order valence-electron chi connectivity index (χ3n) is 3.77. The molecule has 92 valence electrons. The van der Waals surface area contributed by atoms with Crippen molar-refractivity contribution in [3.05, 3.63) is 65.0 Å². The summed E-state index contributed by atoms with van der Waals surface area (Å²) in [7, 11) is 0. The minimum atomic E-state index is -0.105. The van der Waals surface area contributed by atoms with Gasteiger partial charge in [0.2, 0.25) is 0 Å². The minimum absolute atomic E-state index is 0.105. The van der Waals surface area contributed by atoms with Gasteiger partial charge in [-0.3, -0.25) is 0 Å². The van der Waals surface area contributed by atoms with Crippen molar-refractivity contribution in [2.24, 2.45) is 0 Å². The van der Waals surface area contributed by atoms with E-state index < -0.39 is 0 Å². The summed E-state index contributed by atoms with van der Waals surface area (Å²) in [5.74, 6) is 0.252. The van der Waals surface area contributed by atoms with Gasteiger partial charge in [-0.05, 0) is 42.2 Å². The highest BCUT2D eigenvalue weighted by Crippen LogP contribution is 2.32. The minimum Gasteiger partial charge on any atom is -0.384 e. The highest BCUT2D eigenvalue weighted by atomic mass is 19.1. The normalized spacial score (nSPS) is 18.0. The van der Waals surface area contributed by atoms with Crippen LogP contribution in [0.15, 0.2) is 42.5 Å². The Hall–Kier alpha value is -1.83. The van der Waals surface area contributed by atoms with E-state index in [1.807, 2.05) is 19.1 Å². The molecule has 2 aromatic carbocycles. The maximum atomic E-state index is 13.6. The van der Waals surface area contributed by atoms with Crippen LogP contribution < -0.4 is 5.32 Å². The van der Waals surface area contributed by atoms with Gasteiger partial charge < -0.3 is 5.32 Å². The van der Waals surface area contributed by atoms with Gasteiger partial charge >= 0.3 is 0 Å². The van der Waals surface area contributed by atoms with Crippen LogP contribution in [0.3, 0.4) is 0 Å². The Balaban J connectivity index is 1.94. The van der Waals surface area contributed by atoms with Crippen LogP contribution in [0, 0.1) is 12.7 Å². The van der Waals surface area contributed by atoms with Crippen LogP contribution in [0.1, 0.15) is 22.6 Å². The van der Waals surface area contributed by atoms with Crippen LogP contribution in [-0.2, 0) is 6.42 Å². The first-order valence-electron chi connectivity index (χ1n) is 6.32. The second kappa shape index (κ2) is 4.45. The van der Waals surface area contributed by atoms with Crippen molar-refractivity contribution in [2.75, 3.05) is 11.9 Å². The molecule has 1 heterocycles. The first kappa shape index (κ1) is 11.3. The van der Waals surface area contributed by atoms with Crippen LogP contribution in [0.2, 0.25) is 0 Å². The predicted octanol–water partition coefficient (Wildman–Crippen LogP) is 3.89. The SMILES string of the molecule is Cc1c(F)cccc1C1CNc2ccccc2C1. The average molecular weight is 241 g/mol. The van der Waals surface area contributed by atoms with E-state index >= 15 is 0 Å². The van der Waals surface area contributed by atoms with Crippen molar-refractivity contribution in [3.63, 3.8) is 0 Å². The number of halogens is 1. The van der Waals surface area contributed by atoms with Crippen LogP contribution >= 0.6 is 0 Å². The summed E-state index contributed by atoms with van der Waals surface area (Å²) in [5.41, 5.74) is 4.43. The molecule has 0 aromatic heterocycles. The van der Waals surface area contributed by atoms with Gasteiger partial charge in [-0.1, -0.05) is 30.3 Å². The molecular formula is C16H16FN. The van der Waals surface area contributed by atoms with Gasteiger partial charge in [0.1, 0.15) is 5.82 Å². The lowest BCUT2D eigenvalue weighted by molar-refractivity contribution is 0.605. The summed E-state index contributed by atoms with van der Waals surface area (Å²) >= 11 is 0.